The second-order valence-corrected chi connectivity index (χ2v) is 10.5. The van der Waals surface area contributed by atoms with Crippen molar-refractivity contribution in [3.05, 3.63) is 62.1 Å². The summed E-state index contributed by atoms with van der Waals surface area (Å²) in [6.45, 7) is 5.89. The summed E-state index contributed by atoms with van der Waals surface area (Å²) in [7, 11) is 0. The third kappa shape index (κ3) is 6.56. The number of hydrogen-bond donors (Lipinski definition) is 2. The molecule has 0 atom stereocenters. The average Bonchev–Trinajstić information content (AvgIpc) is 3.51. The van der Waals surface area contributed by atoms with Crippen LogP contribution in [0.25, 0.3) is 10.4 Å². The van der Waals surface area contributed by atoms with Crippen LogP contribution >= 0.6 is 34.3 Å². The fraction of sp³-hybridized carbons (Fsp3) is 0.320. The number of carbonyl (C=O) groups is 2. The smallest absolute Gasteiger partial charge is 0.281 e. The summed E-state index contributed by atoms with van der Waals surface area (Å²) in [6, 6.07) is 10.5. The number of carbonyl (C=O) groups excluding carboxylic acids is 2. The summed E-state index contributed by atoms with van der Waals surface area (Å²) in [5.74, 6) is -0.247. The molecule has 0 radical (unpaired) electrons. The molecule has 1 saturated heterocycles. The minimum Gasteiger partial charge on any atom is -0.506 e. The van der Waals surface area contributed by atoms with Crippen LogP contribution in [0, 0.1) is 0 Å². The van der Waals surface area contributed by atoms with E-state index in [0.29, 0.717) is 37.4 Å². The molecule has 1 aromatic carbocycles. The fourth-order valence-electron chi connectivity index (χ4n) is 3.69. The van der Waals surface area contributed by atoms with Crippen molar-refractivity contribution in [1.82, 2.24) is 10.3 Å². The Labute approximate surface area is 217 Å². The Bertz CT molecular complexity index is 1210. The number of aromatic hydroxyl groups is 1. The summed E-state index contributed by atoms with van der Waals surface area (Å²) < 4.78 is 5.34. The summed E-state index contributed by atoms with van der Waals surface area (Å²) >= 11 is 8.50. The number of rotatable bonds is 9. The van der Waals surface area contributed by atoms with Gasteiger partial charge in [0.05, 0.1) is 39.1 Å². The highest BCUT2D eigenvalue weighted by atomic mass is 35.5. The van der Waals surface area contributed by atoms with Crippen molar-refractivity contribution in [3.8, 4) is 16.2 Å². The lowest BCUT2D eigenvalue weighted by Gasteiger charge is -2.26. The first-order valence-electron chi connectivity index (χ1n) is 11.3. The molecule has 3 aromatic rings. The third-order valence-electron chi connectivity index (χ3n) is 5.67. The lowest BCUT2D eigenvalue weighted by molar-refractivity contribution is 0.0371. The summed E-state index contributed by atoms with van der Waals surface area (Å²) in [6.07, 6.45) is 1.23. The Balaban J connectivity index is 1.32. The minimum atomic E-state index is -0.394. The van der Waals surface area contributed by atoms with Crippen molar-refractivity contribution in [2.24, 2.45) is 5.10 Å². The third-order valence-corrected chi connectivity index (χ3v) is 8.07. The lowest BCUT2D eigenvalue weighted by Crippen LogP contribution is -2.36. The molecule has 3 heterocycles. The van der Waals surface area contributed by atoms with Crippen LogP contribution in [0.1, 0.15) is 44.7 Å². The number of thiophene rings is 2. The molecule has 1 fully saturated rings. The molecule has 0 saturated carbocycles. The molecule has 4 rings (SSSR count). The second kappa shape index (κ2) is 11.9. The number of nitrogens with one attached hydrogen (secondary N) is 1. The van der Waals surface area contributed by atoms with Gasteiger partial charge in [0, 0.05) is 29.9 Å². The van der Waals surface area contributed by atoms with Gasteiger partial charge in [0.1, 0.15) is 5.75 Å². The van der Waals surface area contributed by atoms with E-state index in [9.17, 15) is 14.7 Å². The van der Waals surface area contributed by atoms with Crippen molar-refractivity contribution in [3.63, 3.8) is 0 Å². The zero-order chi connectivity index (χ0) is 24.8. The van der Waals surface area contributed by atoms with E-state index in [2.05, 4.69) is 15.4 Å². The first kappa shape index (κ1) is 25.5. The molecule has 0 spiro atoms. The minimum absolute atomic E-state index is 0.0416. The Morgan fingerprint density at radius 2 is 1.86 bits per heavy atom. The van der Waals surface area contributed by atoms with Crippen molar-refractivity contribution >= 4 is 51.7 Å². The molecule has 0 aliphatic carbocycles. The normalized spacial score (nSPS) is 14.7. The topological polar surface area (TPSA) is 91.2 Å². The van der Waals surface area contributed by atoms with Crippen molar-refractivity contribution in [1.29, 1.82) is 0 Å². The first-order valence-corrected chi connectivity index (χ1v) is 13.3. The SMILES string of the molecule is C/C(=N\NC(=O)c1ccc(C(=O)CCCN2CCOCC2)s1)c1csc(-c2ccc(Cl)cc2)c1O. The fourth-order valence-corrected chi connectivity index (χ4v) is 5.69. The molecule has 2 aromatic heterocycles. The van der Waals surface area contributed by atoms with E-state index in [1.54, 1.807) is 36.6 Å². The summed E-state index contributed by atoms with van der Waals surface area (Å²) in [5, 5.41) is 17.2. The van der Waals surface area contributed by atoms with Crippen LogP contribution < -0.4 is 5.43 Å². The summed E-state index contributed by atoms with van der Waals surface area (Å²) in [4.78, 5) is 29.1. The monoisotopic (exact) mass is 531 g/mol. The highest BCUT2D eigenvalue weighted by Gasteiger charge is 2.17. The standard InChI is InChI=1S/C25H26ClN3O4S2/c1-16(19-15-34-24(23(19)31)17-4-6-18(26)7-5-17)27-28-25(32)22-9-8-21(35-22)20(30)3-2-10-29-11-13-33-14-12-29/h4-9,15,31H,2-3,10-14H2,1H3,(H,28,32)/b27-16+. The van der Waals surface area contributed by atoms with Gasteiger partial charge in [-0.3, -0.25) is 14.5 Å². The number of ketones is 1. The first-order chi connectivity index (χ1) is 16.9. The van der Waals surface area contributed by atoms with E-state index < -0.39 is 5.91 Å². The van der Waals surface area contributed by atoms with E-state index in [1.807, 2.05) is 12.1 Å². The molecule has 0 bridgehead atoms. The molecule has 1 aliphatic rings. The number of nitrogens with zero attached hydrogens (tertiary/aromatic N) is 2. The maximum Gasteiger partial charge on any atom is 0.281 e. The molecule has 2 N–H and O–H groups in total. The van der Waals surface area contributed by atoms with E-state index in [4.69, 9.17) is 16.3 Å². The van der Waals surface area contributed by atoms with Crippen molar-refractivity contribution in [2.45, 2.75) is 19.8 Å². The van der Waals surface area contributed by atoms with E-state index in [0.717, 1.165) is 44.8 Å². The van der Waals surface area contributed by atoms with E-state index in [-0.39, 0.29) is 11.5 Å². The Hall–Kier alpha value is -2.56. The van der Waals surface area contributed by atoms with Crippen LogP contribution in [0.2, 0.25) is 5.02 Å². The van der Waals surface area contributed by atoms with Gasteiger partial charge >= 0.3 is 0 Å². The van der Waals surface area contributed by atoms with Crippen LogP contribution in [0.3, 0.4) is 0 Å². The van der Waals surface area contributed by atoms with E-state index >= 15 is 0 Å². The number of morpholine rings is 1. The quantitative estimate of drug-likeness (QED) is 0.222. The molecule has 7 nitrogen and oxygen atoms in total. The second-order valence-electron chi connectivity index (χ2n) is 8.12. The van der Waals surface area contributed by atoms with Gasteiger partial charge < -0.3 is 9.84 Å². The zero-order valence-electron chi connectivity index (χ0n) is 19.3. The highest BCUT2D eigenvalue weighted by molar-refractivity contribution is 7.16. The molecular weight excluding hydrogens is 506 g/mol. The molecule has 1 amide bonds. The van der Waals surface area contributed by atoms with Gasteiger partial charge in [0.2, 0.25) is 0 Å². The van der Waals surface area contributed by atoms with Gasteiger partial charge in [-0.05, 0) is 49.7 Å². The van der Waals surface area contributed by atoms with Crippen LogP contribution in [0.15, 0.2) is 46.9 Å². The number of hydrazone groups is 1. The predicted molar refractivity (Wildman–Crippen MR) is 141 cm³/mol. The number of amides is 1. The van der Waals surface area contributed by atoms with Gasteiger partial charge in [0.15, 0.2) is 5.78 Å². The number of ether oxygens (including phenoxy) is 1. The van der Waals surface area contributed by atoms with Crippen LogP contribution in [0.4, 0.5) is 0 Å². The average molecular weight is 532 g/mol. The van der Waals surface area contributed by atoms with Crippen LogP contribution in [0.5, 0.6) is 5.75 Å². The number of halogens is 1. The zero-order valence-corrected chi connectivity index (χ0v) is 21.6. The lowest BCUT2D eigenvalue weighted by atomic mass is 10.1. The summed E-state index contributed by atoms with van der Waals surface area (Å²) in [5.41, 5.74) is 4.39. The maximum atomic E-state index is 12.6. The Morgan fingerprint density at radius 3 is 2.60 bits per heavy atom. The number of Topliss-reactive ketones (excluding diaryl/α,β-unsaturated/α-hetero) is 1. The number of hydrogen-bond acceptors (Lipinski definition) is 8. The van der Waals surface area contributed by atoms with Crippen molar-refractivity contribution < 1.29 is 19.4 Å². The van der Waals surface area contributed by atoms with Gasteiger partial charge in [-0.2, -0.15) is 5.10 Å². The molecule has 184 valence electrons. The van der Waals surface area contributed by atoms with E-state index in [1.165, 1.54) is 22.7 Å². The van der Waals surface area contributed by atoms with Gasteiger partial charge in [-0.1, -0.05) is 23.7 Å². The Morgan fingerprint density at radius 1 is 1.14 bits per heavy atom. The molecule has 0 unspecified atom stereocenters. The Kier molecular flexibility index (Phi) is 8.69. The molecule has 1 aliphatic heterocycles. The number of benzene rings is 1. The van der Waals surface area contributed by atoms with Crippen molar-refractivity contribution in [2.75, 3.05) is 32.8 Å². The van der Waals surface area contributed by atoms with Gasteiger partial charge in [-0.25, -0.2) is 5.43 Å². The van der Waals surface area contributed by atoms with Gasteiger partial charge in [0.25, 0.3) is 5.91 Å². The molecule has 35 heavy (non-hydrogen) atoms. The van der Waals surface area contributed by atoms with Gasteiger partial charge in [-0.15, -0.1) is 22.7 Å². The largest absolute Gasteiger partial charge is 0.506 e. The highest BCUT2D eigenvalue weighted by Crippen LogP contribution is 2.39. The predicted octanol–water partition coefficient (Wildman–Crippen LogP) is 5.28. The van der Waals surface area contributed by atoms with Crippen LogP contribution in [-0.2, 0) is 4.74 Å². The molecular formula is C25H26ClN3O4S2. The van der Waals surface area contributed by atoms with Crippen LogP contribution in [-0.4, -0.2) is 60.3 Å². The maximum absolute atomic E-state index is 12.6. The molecule has 10 heteroatoms.